The number of benzene rings is 1. The van der Waals surface area contributed by atoms with Gasteiger partial charge in [0.15, 0.2) is 0 Å². The van der Waals surface area contributed by atoms with Gasteiger partial charge in [-0.15, -0.1) is 0 Å². The molecule has 1 N–H and O–H groups in total. The second-order valence-electron chi connectivity index (χ2n) is 4.40. The molecule has 0 fully saturated rings. The first-order chi connectivity index (χ1) is 7.94. The summed E-state index contributed by atoms with van der Waals surface area (Å²) in [5.74, 6) is -0.119. The van der Waals surface area contributed by atoms with E-state index in [2.05, 4.69) is 4.74 Å². The summed E-state index contributed by atoms with van der Waals surface area (Å²) in [4.78, 5) is 11.6. The molecular weight excluding hydrogens is 220 g/mol. The lowest BCUT2D eigenvalue weighted by molar-refractivity contribution is 0.0595. The minimum Gasteiger partial charge on any atom is -0.507 e. The lowest BCUT2D eigenvalue weighted by atomic mass is 9.98. The van der Waals surface area contributed by atoms with Gasteiger partial charge in [-0.05, 0) is 32.1 Å². The molecule has 0 aromatic heterocycles. The van der Waals surface area contributed by atoms with E-state index in [1.807, 2.05) is 19.9 Å². The number of rotatable bonds is 1. The summed E-state index contributed by atoms with van der Waals surface area (Å²) >= 11 is 0. The topological polar surface area (TPSA) is 55.8 Å². The number of phenolic OH excluding ortho intramolecular Hbond substituents is 1. The van der Waals surface area contributed by atoms with Crippen LogP contribution in [0, 0.1) is 0 Å². The van der Waals surface area contributed by atoms with Crippen LogP contribution < -0.4 is 4.74 Å². The van der Waals surface area contributed by atoms with Gasteiger partial charge in [0.1, 0.15) is 22.7 Å². The van der Waals surface area contributed by atoms with Crippen LogP contribution in [0.1, 0.15) is 29.8 Å². The molecule has 1 aliphatic rings. The summed E-state index contributed by atoms with van der Waals surface area (Å²) < 4.78 is 10.4. The van der Waals surface area contributed by atoms with Gasteiger partial charge < -0.3 is 14.6 Å². The number of methoxy groups -OCH3 is 1. The molecule has 0 atom stereocenters. The zero-order valence-corrected chi connectivity index (χ0v) is 9.98. The quantitative estimate of drug-likeness (QED) is 0.758. The molecule has 4 nitrogen and oxygen atoms in total. The summed E-state index contributed by atoms with van der Waals surface area (Å²) in [7, 11) is 1.28. The van der Waals surface area contributed by atoms with Crippen LogP contribution in [0.4, 0.5) is 0 Å². The number of carbonyl (C=O) groups excluding carboxylic acids is 1. The van der Waals surface area contributed by atoms with Gasteiger partial charge in [-0.3, -0.25) is 0 Å². The van der Waals surface area contributed by atoms with Crippen molar-refractivity contribution in [2.75, 3.05) is 7.11 Å². The highest BCUT2D eigenvalue weighted by atomic mass is 16.5. The largest absolute Gasteiger partial charge is 0.507 e. The maximum atomic E-state index is 11.6. The molecule has 1 aromatic rings. The fourth-order valence-corrected chi connectivity index (χ4v) is 1.76. The molecule has 0 unspecified atom stereocenters. The summed E-state index contributed by atoms with van der Waals surface area (Å²) in [6.45, 7) is 3.83. The lowest BCUT2D eigenvalue weighted by Gasteiger charge is -2.28. The van der Waals surface area contributed by atoms with Crippen molar-refractivity contribution >= 4 is 12.0 Å². The molecule has 1 aliphatic heterocycles. The molecule has 2 rings (SSSR count). The van der Waals surface area contributed by atoms with Crippen molar-refractivity contribution in [1.82, 2.24) is 0 Å². The Hall–Kier alpha value is -1.97. The third kappa shape index (κ3) is 1.98. The zero-order chi connectivity index (χ0) is 12.6. The van der Waals surface area contributed by atoms with Gasteiger partial charge in [0.2, 0.25) is 0 Å². The van der Waals surface area contributed by atoms with Crippen LogP contribution >= 0.6 is 0 Å². The zero-order valence-electron chi connectivity index (χ0n) is 9.98. The first-order valence-corrected chi connectivity index (χ1v) is 5.27. The minimum absolute atomic E-state index is 0.108. The number of carbonyl (C=O) groups is 1. The van der Waals surface area contributed by atoms with E-state index in [9.17, 15) is 9.90 Å². The van der Waals surface area contributed by atoms with Gasteiger partial charge in [0.25, 0.3) is 0 Å². The van der Waals surface area contributed by atoms with E-state index in [1.54, 1.807) is 12.1 Å². The predicted molar refractivity (Wildman–Crippen MR) is 63.2 cm³/mol. The highest BCUT2D eigenvalue weighted by Gasteiger charge is 2.27. The Kier molecular flexibility index (Phi) is 2.58. The molecule has 17 heavy (non-hydrogen) atoms. The third-order valence-electron chi connectivity index (χ3n) is 2.60. The number of fused-ring (bicyclic) bond motifs is 1. The van der Waals surface area contributed by atoms with Crippen molar-refractivity contribution in [3.63, 3.8) is 0 Å². The smallest absolute Gasteiger partial charge is 0.342 e. The Labute approximate surface area is 99.5 Å². The van der Waals surface area contributed by atoms with Crippen molar-refractivity contribution in [2.24, 2.45) is 0 Å². The average Bonchev–Trinajstić information content (AvgIpc) is 2.27. The number of phenols is 1. The van der Waals surface area contributed by atoms with Gasteiger partial charge in [0, 0.05) is 5.56 Å². The van der Waals surface area contributed by atoms with Crippen molar-refractivity contribution in [3.05, 3.63) is 29.3 Å². The molecule has 4 heteroatoms. The SMILES string of the molecule is COC(=O)c1c(O)ccc2c1C=CC(C)(C)O2. The number of hydrogen-bond acceptors (Lipinski definition) is 4. The van der Waals surface area contributed by atoms with Crippen molar-refractivity contribution in [2.45, 2.75) is 19.4 Å². The second kappa shape index (κ2) is 3.80. The average molecular weight is 234 g/mol. The summed E-state index contributed by atoms with van der Waals surface area (Å²) in [6, 6.07) is 3.07. The maximum Gasteiger partial charge on any atom is 0.342 e. The molecular formula is C13H14O4. The predicted octanol–water partition coefficient (Wildman–Crippen LogP) is 2.36. The van der Waals surface area contributed by atoms with Crippen LogP contribution in [0.3, 0.4) is 0 Å². The molecule has 90 valence electrons. The van der Waals surface area contributed by atoms with Crippen molar-refractivity contribution < 1.29 is 19.4 Å². The van der Waals surface area contributed by atoms with Crippen LogP contribution in [-0.2, 0) is 4.74 Å². The Morgan fingerprint density at radius 3 is 2.76 bits per heavy atom. The molecule has 0 spiro atoms. The van der Waals surface area contributed by atoms with Crippen LogP contribution in [0.5, 0.6) is 11.5 Å². The summed E-state index contributed by atoms with van der Waals surface area (Å²) in [5.41, 5.74) is 0.269. The summed E-state index contributed by atoms with van der Waals surface area (Å²) in [5, 5.41) is 9.71. The number of aromatic hydroxyl groups is 1. The molecule has 1 aromatic carbocycles. The molecule has 0 saturated heterocycles. The highest BCUT2D eigenvalue weighted by Crippen LogP contribution is 2.37. The molecule has 1 heterocycles. The maximum absolute atomic E-state index is 11.6. The number of esters is 1. The molecule has 0 radical (unpaired) electrons. The van der Waals surface area contributed by atoms with Crippen LogP contribution in [-0.4, -0.2) is 23.8 Å². The molecule has 0 saturated carbocycles. The standard InChI is InChI=1S/C13H14O4/c1-13(2)7-6-8-10(17-13)5-4-9(14)11(8)12(15)16-3/h4-7,14H,1-3H3. The van der Waals surface area contributed by atoms with Crippen LogP contribution in [0.25, 0.3) is 6.08 Å². The Morgan fingerprint density at radius 2 is 2.12 bits per heavy atom. The van der Waals surface area contributed by atoms with E-state index in [4.69, 9.17) is 4.74 Å². The molecule has 0 bridgehead atoms. The first-order valence-electron chi connectivity index (χ1n) is 5.27. The van der Waals surface area contributed by atoms with Crippen LogP contribution in [0.15, 0.2) is 18.2 Å². The van der Waals surface area contributed by atoms with Crippen molar-refractivity contribution in [1.29, 1.82) is 0 Å². The number of ether oxygens (including phenoxy) is 2. The van der Waals surface area contributed by atoms with E-state index in [0.29, 0.717) is 11.3 Å². The molecule has 0 amide bonds. The second-order valence-corrected chi connectivity index (χ2v) is 4.40. The number of hydrogen-bond donors (Lipinski definition) is 1. The fourth-order valence-electron chi connectivity index (χ4n) is 1.76. The van der Waals surface area contributed by atoms with Crippen LogP contribution in [0.2, 0.25) is 0 Å². The van der Waals surface area contributed by atoms with Gasteiger partial charge >= 0.3 is 5.97 Å². The van der Waals surface area contributed by atoms with Crippen molar-refractivity contribution in [3.8, 4) is 11.5 Å². The first kappa shape index (κ1) is 11.5. The Morgan fingerprint density at radius 1 is 1.41 bits per heavy atom. The minimum atomic E-state index is -0.577. The fraction of sp³-hybridized carbons (Fsp3) is 0.308. The van der Waals surface area contributed by atoms with E-state index in [0.717, 1.165) is 0 Å². The summed E-state index contributed by atoms with van der Waals surface area (Å²) in [6.07, 6.45) is 3.60. The van der Waals surface area contributed by atoms with E-state index >= 15 is 0 Å². The van der Waals surface area contributed by atoms with E-state index in [-0.39, 0.29) is 11.3 Å². The Bertz CT molecular complexity index is 500. The molecule has 0 aliphatic carbocycles. The van der Waals surface area contributed by atoms with E-state index < -0.39 is 11.6 Å². The highest BCUT2D eigenvalue weighted by molar-refractivity contribution is 5.98. The van der Waals surface area contributed by atoms with Gasteiger partial charge in [-0.1, -0.05) is 6.08 Å². The Balaban J connectivity index is 2.59. The third-order valence-corrected chi connectivity index (χ3v) is 2.60. The lowest BCUT2D eigenvalue weighted by Crippen LogP contribution is -2.28. The van der Waals surface area contributed by atoms with Gasteiger partial charge in [-0.2, -0.15) is 0 Å². The van der Waals surface area contributed by atoms with Gasteiger partial charge in [-0.25, -0.2) is 4.79 Å². The van der Waals surface area contributed by atoms with Gasteiger partial charge in [0.05, 0.1) is 7.11 Å². The normalized spacial score (nSPS) is 15.9. The monoisotopic (exact) mass is 234 g/mol. The van der Waals surface area contributed by atoms with E-state index in [1.165, 1.54) is 13.2 Å².